The van der Waals surface area contributed by atoms with Gasteiger partial charge in [-0.25, -0.2) is 9.59 Å². The van der Waals surface area contributed by atoms with Crippen molar-refractivity contribution in [3.05, 3.63) is 47.0 Å². The Morgan fingerprint density at radius 2 is 2.05 bits per heavy atom. The Balaban J connectivity index is 2.22. The molecule has 2 unspecified atom stereocenters. The number of alkyl halides is 2. The zero-order valence-corrected chi connectivity index (χ0v) is 12.9. The number of ether oxygens (including phenoxy) is 2. The fourth-order valence-electron chi connectivity index (χ4n) is 2.09. The van der Waals surface area contributed by atoms with Crippen molar-refractivity contribution < 1.29 is 19.1 Å². The molecule has 0 radical (unpaired) electrons. The van der Waals surface area contributed by atoms with Crippen LogP contribution >= 0.6 is 23.2 Å². The van der Waals surface area contributed by atoms with Crippen molar-refractivity contribution in [2.24, 2.45) is 0 Å². The summed E-state index contributed by atoms with van der Waals surface area (Å²) in [5, 5.41) is 0. The Bertz CT molecular complexity index is 568. The van der Waals surface area contributed by atoms with Gasteiger partial charge >= 0.3 is 11.9 Å². The number of hydrogen-bond donors (Lipinski definition) is 0. The first-order valence-corrected chi connectivity index (χ1v) is 7.45. The van der Waals surface area contributed by atoms with Crippen molar-refractivity contribution in [1.82, 2.24) is 0 Å². The lowest BCUT2D eigenvalue weighted by Crippen LogP contribution is -2.24. The van der Waals surface area contributed by atoms with E-state index in [1.807, 2.05) is 6.92 Å². The van der Waals surface area contributed by atoms with Gasteiger partial charge in [-0.2, -0.15) is 0 Å². The lowest BCUT2D eigenvalue weighted by molar-refractivity contribution is -0.137. The number of halogens is 2. The Morgan fingerprint density at radius 3 is 2.62 bits per heavy atom. The van der Waals surface area contributed by atoms with Crippen molar-refractivity contribution in [3.8, 4) is 0 Å². The molecule has 1 aliphatic rings. The molecular formula is C15H14Cl2O4. The van der Waals surface area contributed by atoms with Gasteiger partial charge in [0.25, 0.3) is 0 Å². The van der Waals surface area contributed by atoms with Gasteiger partial charge in [-0.15, -0.1) is 11.6 Å². The molecule has 4 nitrogen and oxygen atoms in total. The van der Waals surface area contributed by atoms with Gasteiger partial charge in [0.15, 0.2) is 0 Å². The second-order valence-electron chi connectivity index (χ2n) is 4.46. The monoisotopic (exact) mass is 328 g/mol. The predicted molar refractivity (Wildman–Crippen MR) is 79.4 cm³/mol. The Morgan fingerprint density at radius 1 is 1.38 bits per heavy atom. The van der Waals surface area contributed by atoms with Crippen molar-refractivity contribution >= 4 is 35.1 Å². The minimum atomic E-state index is -0.945. The highest BCUT2D eigenvalue weighted by Gasteiger charge is 2.37. The largest absolute Gasteiger partial charge is 0.454 e. The van der Waals surface area contributed by atoms with Crippen LogP contribution in [0.25, 0.3) is 0 Å². The van der Waals surface area contributed by atoms with Crippen LogP contribution in [0.5, 0.6) is 0 Å². The fourth-order valence-corrected chi connectivity index (χ4v) is 2.71. The summed E-state index contributed by atoms with van der Waals surface area (Å²) < 4.78 is 10.4. The van der Waals surface area contributed by atoms with Crippen molar-refractivity contribution in [1.29, 1.82) is 0 Å². The third-order valence-electron chi connectivity index (χ3n) is 3.16. The van der Waals surface area contributed by atoms with Crippen LogP contribution in [0.4, 0.5) is 0 Å². The SMILES string of the molecule is CCC(OC(=O)c1ccccc1)C1=C(CCl)C(=O)OC1Cl. The number of rotatable bonds is 5. The molecule has 2 rings (SSSR count). The highest BCUT2D eigenvalue weighted by atomic mass is 35.5. The Hall–Kier alpha value is -1.52. The molecule has 1 aliphatic heterocycles. The van der Waals surface area contributed by atoms with Gasteiger partial charge in [-0.05, 0) is 18.6 Å². The highest BCUT2D eigenvalue weighted by Crippen LogP contribution is 2.32. The molecule has 0 N–H and O–H groups in total. The molecule has 1 heterocycles. The summed E-state index contributed by atoms with van der Waals surface area (Å²) in [6, 6.07) is 8.60. The van der Waals surface area contributed by atoms with E-state index in [-0.39, 0.29) is 11.5 Å². The van der Waals surface area contributed by atoms with Gasteiger partial charge < -0.3 is 9.47 Å². The minimum absolute atomic E-state index is 0.0310. The molecule has 0 spiro atoms. The van der Waals surface area contributed by atoms with Crippen molar-refractivity contribution in [2.45, 2.75) is 25.0 Å². The molecule has 0 saturated carbocycles. The third kappa shape index (κ3) is 3.39. The molecule has 21 heavy (non-hydrogen) atoms. The van der Waals surface area contributed by atoms with Crippen LogP contribution in [0, 0.1) is 0 Å². The molecule has 0 saturated heterocycles. The standard InChI is InChI=1S/C15H14Cl2O4/c1-2-11(12-10(8-16)15(19)21-13(12)17)20-14(18)9-6-4-3-5-7-9/h3-7,11,13H,2,8H2,1H3. The van der Waals surface area contributed by atoms with Gasteiger partial charge in [0, 0.05) is 5.57 Å². The van der Waals surface area contributed by atoms with Crippen LogP contribution in [0.15, 0.2) is 41.5 Å². The predicted octanol–water partition coefficient (Wildman–Crippen LogP) is 3.28. The molecule has 0 amide bonds. The van der Waals surface area contributed by atoms with Crippen LogP contribution in [-0.4, -0.2) is 29.5 Å². The molecule has 2 atom stereocenters. The summed E-state index contributed by atoms with van der Waals surface area (Å²) in [5.74, 6) is -1.07. The second-order valence-corrected chi connectivity index (χ2v) is 5.12. The minimum Gasteiger partial charge on any atom is -0.454 e. The average Bonchev–Trinajstić information content (AvgIpc) is 2.79. The van der Waals surface area contributed by atoms with E-state index in [1.54, 1.807) is 30.3 Å². The van der Waals surface area contributed by atoms with Crippen LogP contribution in [-0.2, 0) is 14.3 Å². The lowest BCUT2D eigenvalue weighted by Gasteiger charge is -2.19. The van der Waals surface area contributed by atoms with E-state index in [0.29, 0.717) is 17.6 Å². The first kappa shape index (κ1) is 15.9. The van der Waals surface area contributed by atoms with Crippen molar-refractivity contribution in [2.75, 3.05) is 5.88 Å². The van der Waals surface area contributed by atoms with Gasteiger partial charge in [0.2, 0.25) is 5.56 Å². The number of carbonyl (C=O) groups excluding carboxylic acids is 2. The van der Waals surface area contributed by atoms with Gasteiger partial charge in [0.05, 0.1) is 17.0 Å². The molecule has 1 aromatic rings. The van der Waals surface area contributed by atoms with E-state index < -0.39 is 23.6 Å². The molecule has 1 aromatic carbocycles. The van der Waals surface area contributed by atoms with Crippen LogP contribution < -0.4 is 0 Å². The highest BCUT2D eigenvalue weighted by molar-refractivity contribution is 6.26. The zero-order valence-electron chi connectivity index (χ0n) is 11.3. The second kappa shape index (κ2) is 6.96. The summed E-state index contributed by atoms with van der Waals surface area (Å²) in [4.78, 5) is 23.7. The van der Waals surface area contributed by atoms with Gasteiger partial charge in [0.1, 0.15) is 6.10 Å². The lowest BCUT2D eigenvalue weighted by atomic mass is 10.0. The molecule has 112 valence electrons. The number of hydrogen-bond acceptors (Lipinski definition) is 4. The summed E-state index contributed by atoms with van der Waals surface area (Å²) >= 11 is 11.8. The molecule has 0 aromatic heterocycles. The molecular weight excluding hydrogens is 315 g/mol. The number of esters is 2. The quantitative estimate of drug-likeness (QED) is 0.614. The van der Waals surface area contributed by atoms with E-state index in [9.17, 15) is 9.59 Å². The van der Waals surface area contributed by atoms with Gasteiger partial charge in [-0.3, -0.25) is 0 Å². The first-order chi connectivity index (χ1) is 10.1. The summed E-state index contributed by atoms with van der Waals surface area (Å²) in [6.45, 7) is 1.83. The third-order valence-corrected chi connectivity index (χ3v) is 3.75. The first-order valence-electron chi connectivity index (χ1n) is 6.48. The van der Waals surface area contributed by atoms with E-state index in [1.165, 1.54) is 0 Å². The van der Waals surface area contributed by atoms with E-state index in [0.717, 1.165) is 0 Å². The Kier molecular flexibility index (Phi) is 5.26. The van der Waals surface area contributed by atoms with Crippen LogP contribution in [0.2, 0.25) is 0 Å². The zero-order chi connectivity index (χ0) is 15.4. The van der Waals surface area contributed by atoms with E-state index in [4.69, 9.17) is 32.7 Å². The molecule has 0 fully saturated rings. The maximum absolute atomic E-state index is 12.1. The summed E-state index contributed by atoms with van der Waals surface area (Å²) in [5.41, 5.74) is 0.188. The normalized spacial score (nSPS) is 19.4. The van der Waals surface area contributed by atoms with Crippen LogP contribution in [0.3, 0.4) is 0 Å². The number of carbonyl (C=O) groups is 2. The summed E-state index contributed by atoms with van der Waals surface area (Å²) in [7, 11) is 0. The number of cyclic esters (lactones) is 1. The van der Waals surface area contributed by atoms with E-state index >= 15 is 0 Å². The maximum atomic E-state index is 12.1. The Labute approximate surface area is 132 Å². The summed E-state index contributed by atoms with van der Waals surface area (Å²) in [6.07, 6.45) is -0.172. The molecule has 0 aliphatic carbocycles. The average molecular weight is 329 g/mol. The van der Waals surface area contributed by atoms with Gasteiger partial charge in [-0.1, -0.05) is 36.7 Å². The fraction of sp³-hybridized carbons (Fsp3) is 0.333. The topological polar surface area (TPSA) is 52.6 Å². The van der Waals surface area contributed by atoms with Crippen molar-refractivity contribution in [3.63, 3.8) is 0 Å². The van der Waals surface area contributed by atoms with Crippen LogP contribution in [0.1, 0.15) is 23.7 Å². The maximum Gasteiger partial charge on any atom is 0.338 e. The molecule has 6 heteroatoms. The molecule has 0 bridgehead atoms. The van der Waals surface area contributed by atoms with E-state index in [2.05, 4.69) is 0 Å². The number of benzene rings is 1. The smallest absolute Gasteiger partial charge is 0.338 e.